The van der Waals surface area contributed by atoms with E-state index in [4.69, 9.17) is 14.9 Å². The maximum Gasteiger partial charge on any atom is 0.291 e. The molecule has 0 spiro atoms. The van der Waals surface area contributed by atoms with Crippen molar-refractivity contribution in [2.45, 2.75) is 24.1 Å². The predicted octanol–water partition coefficient (Wildman–Crippen LogP) is 0.585. The van der Waals surface area contributed by atoms with Crippen LogP contribution in [0, 0.1) is 0 Å². The smallest absolute Gasteiger partial charge is 0.291 e. The first kappa shape index (κ1) is 19.0. The molecular weight excluding hydrogens is 374 g/mol. The summed E-state index contributed by atoms with van der Waals surface area (Å²) in [5.74, 6) is -0.872. The first-order chi connectivity index (χ1) is 13.0. The van der Waals surface area contributed by atoms with Gasteiger partial charge in [0.2, 0.25) is 5.91 Å². The van der Waals surface area contributed by atoms with Crippen LogP contribution in [0.3, 0.4) is 0 Å². The molecule has 1 aliphatic heterocycles. The molecule has 0 unspecified atom stereocenters. The second-order valence-electron chi connectivity index (χ2n) is 5.79. The molecule has 2 aromatic heterocycles. The van der Waals surface area contributed by atoms with E-state index >= 15 is 0 Å². The van der Waals surface area contributed by atoms with Crippen molar-refractivity contribution in [3.05, 3.63) is 34.5 Å². The van der Waals surface area contributed by atoms with Gasteiger partial charge >= 0.3 is 0 Å². The van der Waals surface area contributed by atoms with E-state index in [9.17, 15) is 14.4 Å². The Bertz CT molecular complexity index is 861. The van der Waals surface area contributed by atoms with E-state index in [2.05, 4.69) is 20.6 Å². The fourth-order valence-corrected chi connectivity index (χ4v) is 3.16. The third-order valence-corrected chi connectivity index (χ3v) is 4.67. The Hall–Kier alpha value is -2.79. The van der Waals surface area contributed by atoms with E-state index < -0.39 is 11.5 Å². The van der Waals surface area contributed by atoms with Crippen LogP contribution in [0.15, 0.2) is 32.8 Å². The third kappa shape index (κ3) is 5.11. The lowest BCUT2D eigenvalue weighted by Crippen LogP contribution is -2.33. The second kappa shape index (κ2) is 8.73. The molecule has 1 aliphatic rings. The van der Waals surface area contributed by atoms with Crippen molar-refractivity contribution in [2.24, 2.45) is 0 Å². The molecular formula is C16H19N5O5S. The first-order valence-electron chi connectivity index (χ1n) is 8.28. The Morgan fingerprint density at radius 3 is 2.96 bits per heavy atom. The molecule has 0 bridgehead atoms. The van der Waals surface area contributed by atoms with Gasteiger partial charge in [0.05, 0.1) is 18.1 Å². The van der Waals surface area contributed by atoms with Crippen molar-refractivity contribution in [3.8, 4) is 0 Å². The predicted molar refractivity (Wildman–Crippen MR) is 98.6 cm³/mol. The number of furan rings is 1. The van der Waals surface area contributed by atoms with E-state index in [1.54, 1.807) is 6.07 Å². The number of nitrogens with one attached hydrogen (secondary N) is 3. The van der Waals surface area contributed by atoms with Gasteiger partial charge in [-0.05, 0) is 25.0 Å². The number of thioether (sulfide) groups is 1. The Balaban J connectivity index is 1.55. The van der Waals surface area contributed by atoms with Crippen molar-refractivity contribution in [3.63, 3.8) is 0 Å². The van der Waals surface area contributed by atoms with Gasteiger partial charge in [-0.1, -0.05) is 11.8 Å². The van der Waals surface area contributed by atoms with Crippen LogP contribution >= 0.6 is 11.8 Å². The number of hydrogen-bond acceptors (Lipinski definition) is 8. The fourth-order valence-electron chi connectivity index (χ4n) is 2.46. The van der Waals surface area contributed by atoms with Gasteiger partial charge in [-0.3, -0.25) is 19.4 Å². The Morgan fingerprint density at radius 2 is 2.30 bits per heavy atom. The van der Waals surface area contributed by atoms with Crippen molar-refractivity contribution in [1.82, 2.24) is 15.3 Å². The highest BCUT2D eigenvalue weighted by atomic mass is 32.2. The Kier molecular flexibility index (Phi) is 6.14. The summed E-state index contributed by atoms with van der Waals surface area (Å²) in [6.45, 7) is 1.19. The summed E-state index contributed by atoms with van der Waals surface area (Å²) in [6.07, 6.45) is 3.33. The van der Waals surface area contributed by atoms with Crippen molar-refractivity contribution < 1.29 is 18.7 Å². The van der Waals surface area contributed by atoms with Crippen molar-refractivity contribution >= 4 is 35.1 Å². The SMILES string of the molecule is Nc1nc(SCC(=O)NC[C@H]2CCCO2)[nH]c(=O)c1NC(=O)c1ccco1. The molecule has 11 heteroatoms. The average Bonchev–Trinajstić information content (AvgIpc) is 3.34. The molecule has 1 saturated heterocycles. The number of carbonyl (C=O) groups excluding carboxylic acids is 2. The normalized spacial score (nSPS) is 16.2. The number of H-pyrrole nitrogens is 1. The van der Waals surface area contributed by atoms with Gasteiger partial charge in [-0.2, -0.15) is 0 Å². The number of aromatic nitrogens is 2. The lowest BCUT2D eigenvalue weighted by Gasteiger charge is -2.10. The highest BCUT2D eigenvalue weighted by Gasteiger charge is 2.18. The Labute approximate surface area is 158 Å². The summed E-state index contributed by atoms with van der Waals surface area (Å²) in [5, 5.41) is 5.31. The van der Waals surface area contributed by atoms with Crippen LogP contribution in [0.25, 0.3) is 0 Å². The van der Waals surface area contributed by atoms with Gasteiger partial charge in [0.15, 0.2) is 22.4 Å². The van der Waals surface area contributed by atoms with Gasteiger partial charge in [-0.15, -0.1) is 0 Å². The summed E-state index contributed by atoms with van der Waals surface area (Å²) in [6, 6.07) is 3.00. The molecule has 0 aromatic carbocycles. The number of nitrogens with two attached hydrogens (primary N) is 1. The molecule has 10 nitrogen and oxygen atoms in total. The number of aromatic amines is 1. The quantitative estimate of drug-likeness (QED) is 0.394. The summed E-state index contributed by atoms with van der Waals surface area (Å²) >= 11 is 1.03. The monoisotopic (exact) mass is 393 g/mol. The molecule has 0 radical (unpaired) electrons. The van der Waals surface area contributed by atoms with E-state index in [-0.39, 0.29) is 40.2 Å². The van der Waals surface area contributed by atoms with Gasteiger partial charge < -0.3 is 25.5 Å². The van der Waals surface area contributed by atoms with Crippen molar-refractivity contribution in [2.75, 3.05) is 30.0 Å². The van der Waals surface area contributed by atoms with Crippen molar-refractivity contribution in [1.29, 1.82) is 0 Å². The average molecular weight is 393 g/mol. The molecule has 2 aromatic rings. The van der Waals surface area contributed by atoms with Crippen LogP contribution in [-0.2, 0) is 9.53 Å². The third-order valence-electron chi connectivity index (χ3n) is 3.80. The molecule has 0 saturated carbocycles. The standard InChI is InChI=1S/C16H19N5O5S/c17-13-12(19-14(23)10-4-2-6-26-10)15(24)21-16(20-13)27-8-11(22)18-7-9-3-1-5-25-9/h2,4,6,9H,1,3,5,7-8H2,(H,18,22)(H,19,23)(H3,17,20,21,24)/t9-/m1/s1. The number of rotatable bonds is 7. The van der Waals surface area contributed by atoms with Gasteiger partial charge in [0, 0.05) is 13.2 Å². The lowest BCUT2D eigenvalue weighted by atomic mass is 10.2. The topological polar surface area (TPSA) is 152 Å². The van der Waals surface area contributed by atoms with Crippen LogP contribution in [0.2, 0.25) is 0 Å². The second-order valence-corrected chi connectivity index (χ2v) is 6.75. The van der Waals surface area contributed by atoms with E-state index in [1.807, 2.05) is 0 Å². The summed E-state index contributed by atoms with van der Waals surface area (Å²) in [7, 11) is 0. The molecule has 144 valence electrons. The van der Waals surface area contributed by atoms with Gasteiger partial charge in [-0.25, -0.2) is 4.98 Å². The number of hydrogen-bond donors (Lipinski definition) is 4. The van der Waals surface area contributed by atoms with Crippen LogP contribution in [-0.4, -0.2) is 46.8 Å². The lowest BCUT2D eigenvalue weighted by molar-refractivity contribution is -0.119. The number of nitrogen functional groups attached to an aromatic ring is 1. The van der Waals surface area contributed by atoms with E-state index in [1.165, 1.54) is 12.3 Å². The highest BCUT2D eigenvalue weighted by Crippen LogP contribution is 2.17. The van der Waals surface area contributed by atoms with Crippen LogP contribution in [0.1, 0.15) is 23.4 Å². The van der Waals surface area contributed by atoms with E-state index in [0.717, 1.165) is 31.2 Å². The van der Waals surface area contributed by atoms with Crippen LogP contribution in [0.5, 0.6) is 0 Å². The maximum atomic E-state index is 12.2. The largest absolute Gasteiger partial charge is 0.459 e. The minimum absolute atomic E-state index is 0.0372. The zero-order valence-corrected chi connectivity index (χ0v) is 15.1. The van der Waals surface area contributed by atoms with E-state index in [0.29, 0.717) is 6.54 Å². The van der Waals surface area contributed by atoms with Gasteiger partial charge in [0.1, 0.15) is 0 Å². The number of ether oxygens (including phenoxy) is 1. The molecule has 27 heavy (non-hydrogen) atoms. The highest BCUT2D eigenvalue weighted by molar-refractivity contribution is 7.99. The number of amides is 2. The fraction of sp³-hybridized carbons (Fsp3) is 0.375. The number of anilines is 2. The zero-order valence-electron chi connectivity index (χ0n) is 14.3. The van der Waals surface area contributed by atoms with Crippen LogP contribution < -0.4 is 21.9 Å². The number of nitrogens with zero attached hydrogens (tertiary/aromatic N) is 1. The van der Waals surface area contributed by atoms with Crippen LogP contribution in [0.4, 0.5) is 11.5 Å². The molecule has 3 rings (SSSR count). The summed E-state index contributed by atoms with van der Waals surface area (Å²) < 4.78 is 10.4. The molecule has 5 N–H and O–H groups in total. The first-order valence-corrected chi connectivity index (χ1v) is 9.27. The number of carbonyl (C=O) groups is 2. The summed E-state index contributed by atoms with van der Waals surface area (Å²) in [4.78, 5) is 42.5. The molecule has 2 amide bonds. The molecule has 1 fully saturated rings. The molecule has 0 aliphatic carbocycles. The minimum Gasteiger partial charge on any atom is -0.459 e. The van der Waals surface area contributed by atoms with Gasteiger partial charge in [0.25, 0.3) is 11.5 Å². The Morgan fingerprint density at radius 1 is 1.44 bits per heavy atom. The summed E-state index contributed by atoms with van der Waals surface area (Å²) in [5.41, 5.74) is 4.97. The zero-order chi connectivity index (χ0) is 19.2. The maximum absolute atomic E-state index is 12.2. The molecule has 3 heterocycles. The molecule has 1 atom stereocenters. The minimum atomic E-state index is -0.621.